The Kier molecular flexibility index (Phi) is 6.27. The highest BCUT2D eigenvalue weighted by Crippen LogP contribution is 2.24. The molecule has 5 nitrogen and oxygen atoms in total. The van der Waals surface area contributed by atoms with Crippen molar-refractivity contribution in [3.05, 3.63) is 88.5 Å². The van der Waals surface area contributed by atoms with Crippen LogP contribution in [0.15, 0.2) is 65.6 Å². The first kappa shape index (κ1) is 21.6. The standard InChI is InChI=1S/C24H26N2O3S/c1-5-19-8-6-7-18(4)23(19)25-24(27)20-12-11-17(3)22(15-20)30(28,29)26-21-13-9-16(2)10-14-21/h6-15,26H,5H2,1-4H3,(H,25,27). The lowest BCUT2D eigenvalue weighted by atomic mass is 10.1. The molecule has 0 radical (unpaired) electrons. The highest BCUT2D eigenvalue weighted by molar-refractivity contribution is 7.92. The summed E-state index contributed by atoms with van der Waals surface area (Å²) in [7, 11) is -3.84. The highest BCUT2D eigenvalue weighted by Gasteiger charge is 2.20. The number of hydrogen-bond donors (Lipinski definition) is 2. The number of hydrogen-bond acceptors (Lipinski definition) is 3. The van der Waals surface area contributed by atoms with Gasteiger partial charge in [-0.25, -0.2) is 8.42 Å². The second kappa shape index (κ2) is 8.71. The number of rotatable bonds is 6. The van der Waals surface area contributed by atoms with Crippen LogP contribution >= 0.6 is 0 Å². The van der Waals surface area contributed by atoms with Crippen LogP contribution in [0.4, 0.5) is 11.4 Å². The van der Waals surface area contributed by atoms with Crippen LogP contribution in [-0.2, 0) is 16.4 Å². The minimum absolute atomic E-state index is 0.0798. The quantitative estimate of drug-likeness (QED) is 0.571. The maximum absolute atomic E-state index is 13.0. The summed E-state index contributed by atoms with van der Waals surface area (Å²) in [4.78, 5) is 13.0. The van der Waals surface area contributed by atoms with Gasteiger partial charge in [0.2, 0.25) is 0 Å². The smallest absolute Gasteiger partial charge is 0.262 e. The molecule has 0 heterocycles. The Labute approximate surface area is 178 Å². The van der Waals surface area contributed by atoms with Gasteiger partial charge in [0, 0.05) is 16.9 Å². The molecule has 0 saturated heterocycles. The minimum atomic E-state index is -3.84. The largest absolute Gasteiger partial charge is 0.321 e. The summed E-state index contributed by atoms with van der Waals surface area (Å²) in [6, 6.07) is 17.7. The molecule has 3 aromatic carbocycles. The van der Waals surface area contributed by atoms with E-state index in [4.69, 9.17) is 0 Å². The normalized spacial score (nSPS) is 11.2. The maximum atomic E-state index is 13.0. The Bertz CT molecular complexity index is 1180. The minimum Gasteiger partial charge on any atom is -0.321 e. The second-order valence-electron chi connectivity index (χ2n) is 7.37. The number of carbonyl (C=O) groups excluding carboxylic acids is 1. The number of nitrogens with one attached hydrogen (secondary N) is 2. The Balaban J connectivity index is 1.91. The molecule has 0 aliphatic heterocycles. The van der Waals surface area contributed by atoms with Crippen molar-refractivity contribution in [1.29, 1.82) is 0 Å². The molecule has 0 bridgehead atoms. The lowest BCUT2D eigenvalue weighted by Crippen LogP contribution is -2.18. The number of amides is 1. The molecule has 0 aliphatic rings. The molecular formula is C24H26N2O3S. The first-order chi connectivity index (χ1) is 14.2. The molecule has 3 rings (SSSR count). The fraction of sp³-hybridized carbons (Fsp3) is 0.208. The van der Waals surface area contributed by atoms with Crippen molar-refractivity contribution in [2.75, 3.05) is 10.0 Å². The Morgan fingerprint density at radius 3 is 2.27 bits per heavy atom. The van der Waals surface area contributed by atoms with E-state index in [1.807, 2.05) is 51.1 Å². The predicted octanol–water partition coefficient (Wildman–Crippen LogP) is 5.23. The number of aryl methyl sites for hydroxylation is 4. The highest BCUT2D eigenvalue weighted by atomic mass is 32.2. The molecule has 0 spiro atoms. The fourth-order valence-electron chi connectivity index (χ4n) is 3.25. The SMILES string of the molecule is CCc1cccc(C)c1NC(=O)c1ccc(C)c(S(=O)(=O)Nc2ccc(C)cc2)c1. The van der Waals surface area contributed by atoms with Gasteiger partial charge in [-0.1, -0.05) is 48.9 Å². The summed E-state index contributed by atoms with van der Waals surface area (Å²) < 4.78 is 28.5. The van der Waals surface area contributed by atoms with Crippen LogP contribution in [0.25, 0.3) is 0 Å². The molecule has 0 fully saturated rings. The molecule has 6 heteroatoms. The topological polar surface area (TPSA) is 75.3 Å². The zero-order valence-electron chi connectivity index (χ0n) is 17.6. The molecule has 0 unspecified atom stereocenters. The number of para-hydroxylation sites is 1. The van der Waals surface area contributed by atoms with Gasteiger partial charge in [-0.3, -0.25) is 9.52 Å². The van der Waals surface area contributed by atoms with E-state index in [1.54, 1.807) is 31.2 Å². The molecule has 2 N–H and O–H groups in total. The third-order valence-corrected chi connectivity index (χ3v) is 6.55. The molecular weight excluding hydrogens is 396 g/mol. The second-order valence-corrected chi connectivity index (χ2v) is 9.02. The van der Waals surface area contributed by atoms with E-state index in [1.165, 1.54) is 6.07 Å². The average Bonchev–Trinajstić information content (AvgIpc) is 2.71. The van der Waals surface area contributed by atoms with Crippen LogP contribution in [0.2, 0.25) is 0 Å². The molecule has 0 atom stereocenters. The van der Waals surface area contributed by atoms with Crippen molar-refractivity contribution in [2.24, 2.45) is 0 Å². The third kappa shape index (κ3) is 4.71. The maximum Gasteiger partial charge on any atom is 0.262 e. The fourth-order valence-corrected chi connectivity index (χ4v) is 4.58. The van der Waals surface area contributed by atoms with Gasteiger partial charge in [0.15, 0.2) is 0 Å². The van der Waals surface area contributed by atoms with Gasteiger partial charge in [0.1, 0.15) is 0 Å². The predicted molar refractivity (Wildman–Crippen MR) is 122 cm³/mol. The van der Waals surface area contributed by atoms with Crippen LogP contribution < -0.4 is 10.0 Å². The number of sulfonamides is 1. The van der Waals surface area contributed by atoms with Crippen molar-refractivity contribution in [3.63, 3.8) is 0 Å². The summed E-state index contributed by atoms with van der Waals surface area (Å²) in [5, 5.41) is 2.95. The van der Waals surface area contributed by atoms with Gasteiger partial charge >= 0.3 is 0 Å². The van der Waals surface area contributed by atoms with E-state index in [0.717, 1.165) is 28.8 Å². The van der Waals surface area contributed by atoms with Gasteiger partial charge < -0.3 is 5.32 Å². The van der Waals surface area contributed by atoms with Crippen LogP contribution in [-0.4, -0.2) is 14.3 Å². The van der Waals surface area contributed by atoms with E-state index in [0.29, 0.717) is 11.3 Å². The molecule has 0 aromatic heterocycles. The van der Waals surface area contributed by atoms with Crippen LogP contribution in [0.5, 0.6) is 0 Å². The lowest BCUT2D eigenvalue weighted by Gasteiger charge is -2.15. The zero-order valence-corrected chi connectivity index (χ0v) is 18.4. The Morgan fingerprint density at radius 1 is 0.900 bits per heavy atom. The van der Waals surface area contributed by atoms with Crippen LogP contribution in [0.1, 0.15) is 39.5 Å². The van der Waals surface area contributed by atoms with Gasteiger partial charge in [-0.05, 0) is 68.1 Å². The average molecular weight is 423 g/mol. The molecule has 3 aromatic rings. The van der Waals surface area contributed by atoms with Crippen molar-refractivity contribution in [3.8, 4) is 0 Å². The van der Waals surface area contributed by atoms with E-state index < -0.39 is 10.0 Å². The monoisotopic (exact) mass is 422 g/mol. The van der Waals surface area contributed by atoms with Crippen LogP contribution in [0.3, 0.4) is 0 Å². The summed E-state index contributed by atoms with van der Waals surface area (Å²) in [6.45, 7) is 7.61. The van der Waals surface area contributed by atoms with Gasteiger partial charge in [0.25, 0.3) is 15.9 Å². The first-order valence-electron chi connectivity index (χ1n) is 9.81. The van der Waals surface area contributed by atoms with E-state index in [2.05, 4.69) is 10.0 Å². The Hall–Kier alpha value is -3.12. The van der Waals surface area contributed by atoms with Gasteiger partial charge in [-0.15, -0.1) is 0 Å². The zero-order chi connectivity index (χ0) is 21.9. The van der Waals surface area contributed by atoms with E-state index in [-0.39, 0.29) is 16.4 Å². The van der Waals surface area contributed by atoms with Crippen molar-refractivity contribution >= 4 is 27.3 Å². The molecule has 0 saturated carbocycles. The third-order valence-electron chi connectivity index (χ3n) is 5.02. The van der Waals surface area contributed by atoms with E-state index in [9.17, 15) is 13.2 Å². The first-order valence-corrected chi connectivity index (χ1v) is 11.3. The molecule has 156 valence electrons. The molecule has 30 heavy (non-hydrogen) atoms. The van der Waals surface area contributed by atoms with Crippen molar-refractivity contribution in [2.45, 2.75) is 39.0 Å². The number of anilines is 2. The molecule has 0 aliphatic carbocycles. The van der Waals surface area contributed by atoms with E-state index >= 15 is 0 Å². The summed E-state index contributed by atoms with van der Waals surface area (Å²) >= 11 is 0. The Morgan fingerprint density at radius 2 is 1.60 bits per heavy atom. The van der Waals surface area contributed by atoms with Gasteiger partial charge in [0.05, 0.1) is 4.90 Å². The molecule has 1 amide bonds. The van der Waals surface area contributed by atoms with Gasteiger partial charge in [-0.2, -0.15) is 0 Å². The number of benzene rings is 3. The van der Waals surface area contributed by atoms with Crippen LogP contribution in [0, 0.1) is 20.8 Å². The van der Waals surface area contributed by atoms with Crippen molar-refractivity contribution in [1.82, 2.24) is 0 Å². The lowest BCUT2D eigenvalue weighted by molar-refractivity contribution is 0.102. The summed E-state index contributed by atoms with van der Waals surface area (Å²) in [5.41, 5.74) is 5.13. The summed E-state index contributed by atoms with van der Waals surface area (Å²) in [5.74, 6) is -0.342. The number of carbonyl (C=O) groups is 1. The summed E-state index contributed by atoms with van der Waals surface area (Å²) in [6.07, 6.45) is 0.783. The van der Waals surface area contributed by atoms with Crippen molar-refractivity contribution < 1.29 is 13.2 Å².